The third kappa shape index (κ3) is 5.49. The number of carbonyl (C=O) groups is 1. The van der Waals surface area contributed by atoms with Crippen molar-refractivity contribution in [2.24, 2.45) is 5.41 Å². The number of benzene rings is 2. The van der Waals surface area contributed by atoms with Gasteiger partial charge < -0.3 is 9.73 Å². The summed E-state index contributed by atoms with van der Waals surface area (Å²) in [6, 6.07) is 12.0. The summed E-state index contributed by atoms with van der Waals surface area (Å²) in [4.78, 5) is 20.2. The molecular weight excluding hydrogens is 475 g/mol. The Labute approximate surface area is 200 Å². The third-order valence-electron chi connectivity index (χ3n) is 4.96. The number of aromatic nitrogens is 4. The molecule has 0 saturated carbocycles. The van der Waals surface area contributed by atoms with Crippen LogP contribution in [0.1, 0.15) is 13.8 Å². The van der Waals surface area contributed by atoms with Crippen LogP contribution < -0.4 is 10.0 Å². The molecule has 2 N–H and O–H groups in total. The molecule has 0 fully saturated rings. The molecule has 12 heteroatoms. The molecule has 2 aromatic carbocycles. The Bertz CT molecular complexity index is 1420. The van der Waals surface area contributed by atoms with Crippen molar-refractivity contribution < 1.29 is 22.0 Å². The molecule has 0 unspecified atom stereocenters. The lowest BCUT2D eigenvalue weighted by atomic mass is 9.94. The maximum absolute atomic E-state index is 13.0. The summed E-state index contributed by atoms with van der Waals surface area (Å²) >= 11 is 0. The summed E-state index contributed by atoms with van der Waals surface area (Å²) < 4.78 is 46.6. The maximum Gasteiger partial charge on any atom is 0.268 e. The first-order valence-electron chi connectivity index (χ1n) is 10.4. The number of hydrogen-bond acceptors (Lipinski definition) is 8. The molecule has 1 amide bonds. The summed E-state index contributed by atoms with van der Waals surface area (Å²) in [5, 5.41) is 10.5. The van der Waals surface area contributed by atoms with E-state index in [0.717, 1.165) is 0 Å². The molecule has 2 aromatic heterocycles. The first kappa shape index (κ1) is 24.0. The molecule has 0 atom stereocenters. The van der Waals surface area contributed by atoms with Crippen LogP contribution in [0.3, 0.4) is 0 Å². The zero-order valence-corrected chi connectivity index (χ0v) is 19.6. The average Bonchev–Trinajstić information content (AvgIpc) is 3.36. The van der Waals surface area contributed by atoms with E-state index in [9.17, 15) is 17.6 Å². The summed E-state index contributed by atoms with van der Waals surface area (Å²) in [6.45, 7) is 2.18. The lowest BCUT2D eigenvalue weighted by Gasteiger charge is -2.19. The van der Waals surface area contributed by atoms with Gasteiger partial charge in [0.25, 0.3) is 15.9 Å². The van der Waals surface area contributed by atoms with E-state index in [1.807, 2.05) is 0 Å². The number of sulfonamides is 1. The normalized spacial score (nSPS) is 11.7. The molecule has 0 aliphatic heterocycles. The fraction of sp³-hybridized carbons (Fsp3) is 0.174. The number of anilines is 2. The van der Waals surface area contributed by atoms with Crippen molar-refractivity contribution in [2.45, 2.75) is 18.7 Å². The van der Waals surface area contributed by atoms with Gasteiger partial charge in [0.2, 0.25) is 11.8 Å². The highest BCUT2D eigenvalue weighted by Crippen LogP contribution is 2.25. The highest BCUT2D eigenvalue weighted by molar-refractivity contribution is 7.92. The zero-order chi connectivity index (χ0) is 25.1. The van der Waals surface area contributed by atoms with E-state index in [1.165, 1.54) is 68.8 Å². The van der Waals surface area contributed by atoms with Crippen LogP contribution in [0.2, 0.25) is 0 Å². The van der Waals surface area contributed by atoms with E-state index in [4.69, 9.17) is 4.42 Å². The van der Waals surface area contributed by atoms with Crippen LogP contribution in [-0.4, -0.2) is 41.2 Å². The van der Waals surface area contributed by atoms with Gasteiger partial charge in [0, 0.05) is 29.3 Å². The SMILES string of the molecule is CC(C)(CF)C(=O)Nc1ccc(NS(=O)(=O)c2ccc(-c3nnc(-c4cnccn4)o3)cc2)cc1. The Morgan fingerprint density at radius 1 is 0.971 bits per heavy atom. The lowest BCUT2D eigenvalue weighted by molar-refractivity contribution is -0.124. The molecule has 0 bridgehead atoms. The van der Waals surface area contributed by atoms with E-state index in [0.29, 0.717) is 22.6 Å². The average molecular weight is 497 g/mol. The highest BCUT2D eigenvalue weighted by atomic mass is 32.2. The van der Waals surface area contributed by atoms with E-state index < -0.39 is 28.0 Å². The van der Waals surface area contributed by atoms with Gasteiger partial charge in [-0.15, -0.1) is 10.2 Å². The Morgan fingerprint density at radius 3 is 2.26 bits per heavy atom. The van der Waals surface area contributed by atoms with Crippen molar-refractivity contribution in [3.63, 3.8) is 0 Å². The number of halogens is 1. The van der Waals surface area contributed by atoms with Crippen LogP contribution in [-0.2, 0) is 14.8 Å². The molecule has 35 heavy (non-hydrogen) atoms. The van der Waals surface area contributed by atoms with Gasteiger partial charge in [-0.3, -0.25) is 14.5 Å². The largest absolute Gasteiger partial charge is 0.415 e. The minimum atomic E-state index is -3.88. The number of carbonyl (C=O) groups excluding carboxylic acids is 1. The second-order valence-electron chi connectivity index (χ2n) is 8.18. The molecule has 0 radical (unpaired) electrons. The summed E-state index contributed by atoms with van der Waals surface area (Å²) in [7, 11) is -3.88. The Hall–Kier alpha value is -4.19. The van der Waals surface area contributed by atoms with E-state index in [1.54, 1.807) is 12.1 Å². The first-order valence-corrected chi connectivity index (χ1v) is 11.9. The molecule has 0 spiro atoms. The van der Waals surface area contributed by atoms with Gasteiger partial charge in [0.05, 0.1) is 16.5 Å². The molecule has 4 rings (SSSR count). The third-order valence-corrected chi connectivity index (χ3v) is 6.36. The molecule has 180 valence electrons. The molecule has 0 aliphatic carbocycles. The van der Waals surface area contributed by atoms with Crippen molar-refractivity contribution in [2.75, 3.05) is 16.7 Å². The monoisotopic (exact) mass is 496 g/mol. The van der Waals surface area contributed by atoms with Gasteiger partial charge in [-0.05, 0) is 62.4 Å². The van der Waals surface area contributed by atoms with Crippen LogP contribution in [0.15, 0.2) is 76.4 Å². The second kappa shape index (κ2) is 9.58. The Kier molecular flexibility index (Phi) is 6.56. The quantitative estimate of drug-likeness (QED) is 0.374. The number of hydrogen-bond donors (Lipinski definition) is 2. The number of amides is 1. The van der Waals surface area contributed by atoms with Crippen LogP contribution in [0, 0.1) is 5.41 Å². The van der Waals surface area contributed by atoms with E-state index >= 15 is 0 Å². The zero-order valence-electron chi connectivity index (χ0n) is 18.8. The van der Waals surface area contributed by atoms with Crippen LogP contribution in [0.25, 0.3) is 23.0 Å². The Morgan fingerprint density at radius 2 is 1.63 bits per heavy atom. The Balaban J connectivity index is 1.44. The molecular formula is C23H21FN6O4S. The minimum Gasteiger partial charge on any atom is -0.415 e. The van der Waals surface area contributed by atoms with Crippen LogP contribution >= 0.6 is 0 Å². The van der Waals surface area contributed by atoms with E-state index in [-0.39, 0.29) is 16.7 Å². The summed E-state index contributed by atoms with van der Waals surface area (Å²) in [5.41, 5.74) is 0.506. The molecule has 10 nitrogen and oxygen atoms in total. The summed E-state index contributed by atoms with van der Waals surface area (Å²) in [5.74, 6) is -0.0750. The first-order chi connectivity index (χ1) is 16.7. The maximum atomic E-state index is 13.0. The van der Waals surface area contributed by atoms with Crippen molar-refractivity contribution in [1.82, 2.24) is 20.2 Å². The van der Waals surface area contributed by atoms with Crippen molar-refractivity contribution in [3.05, 3.63) is 67.1 Å². The topological polar surface area (TPSA) is 140 Å². The van der Waals surface area contributed by atoms with Gasteiger partial charge >= 0.3 is 0 Å². The number of nitrogens with zero attached hydrogens (tertiary/aromatic N) is 4. The fourth-order valence-corrected chi connectivity index (χ4v) is 3.88. The number of rotatable bonds is 8. The molecule has 0 aliphatic rings. The van der Waals surface area contributed by atoms with E-state index in [2.05, 4.69) is 30.2 Å². The van der Waals surface area contributed by atoms with Crippen molar-refractivity contribution in [3.8, 4) is 23.0 Å². The van der Waals surface area contributed by atoms with Gasteiger partial charge in [0.15, 0.2) is 0 Å². The van der Waals surface area contributed by atoms with Gasteiger partial charge in [-0.1, -0.05) is 0 Å². The van der Waals surface area contributed by atoms with Crippen LogP contribution in [0.4, 0.5) is 15.8 Å². The fourth-order valence-electron chi connectivity index (χ4n) is 2.83. The number of alkyl halides is 1. The van der Waals surface area contributed by atoms with Crippen LogP contribution in [0.5, 0.6) is 0 Å². The lowest BCUT2D eigenvalue weighted by Crippen LogP contribution is -2.32. The smallest absolute Gasteiger partial charge is 0.268 e. The highest BCUT2D eigenvalue weighted by Gasteiger charge is 2.27. The van der Waals surface area contributed by atoms with Crippen molar-refractivity contribution in [1.29, 1.82) is 0 Å². The molecule has 2 heterocycles. The minimum absolute atomic E-state index is 0.0250. The standard InChI is InChI=1S/C23H21FN6O4S/c1-23(2,14-24)22(31)27-16-5-7-17(8-6-16)30-35(32,33)18-9-3-15(4-10-18)20-28-29-21(34-20)19-13-25-11-12-26-19/h3-13,30H,14H2,1-2H3,(H,27,31). The summed E-state index contributed by atoms with van der Waals surface area (Å²) in [6.07, 6.45) is 4.52. The predicted molar refractivity (Wildman–Crippen MR) is 126 cm³/mol. The van der Waals surface area contributed by atoms with Gasteiger partial charge in [0.1, 0.15) is 12.4 Å². The van der Waals surface area contributed by atoms with Gasteiger partial charge in [-0.25, -0.2) is 17.8 Å². The van der Waals surface area contributed by atoms with Gasteiger partial charge in [-0.2, -0.15) is 0 Å². The van der Waals surface area contributed by atoms with Crippen molar-refractivity contribution >= 4 is 27.3 Å². The molecule has 0 saturated heterocycles. The predicted octanol–water partition coefficient (Wildman–Crippen LogP) is 3.93. The second-order valence-corrected chi connectivity index (χ2v) is 9.86. The number of nitrogens with one attached hydrogen (secondary N) is 2. The molecule has 4 aromatic rings.